The van der Waals surface area contributed by atoms with Gasteiger partial charge in [-0.2, -0.15) is 0 Å². The summed E-state index contributed by atoms with van der Waals surface area (Å²) in [6.07, 6.45) is 40.0. The van der Waals surface area contributed by atoms with Crippen molar-refractivity contribution in [3.8, 4) is 0 Å². The number of ether oxygens (including phenoxy) is 2. The van der Waals surface area contributed by atoms with Crippen molar-refractivity contribution in [3.63, 3.8) is 0 Å². The van der Waals surface area contributed by atoms with Gasteiger partial charge in [0.05, 0.1) is 13.2 Å². The summed E-state index contributed by atoms with van der Waals surface area (Å²) in [7, 11) is 0. The van der Waals surface area contributed by atoms with Gasteiger partial charge >= 0.3 is 11.9 Å². The van der Waals surface area contributed by atoms with Crippen molar-refractivity contribution >= 4 is 17.8 Å². The first-order valence-corrected chi connectivity index (χ1v) is 25.2. The highest BCUT2D eigenvalue weighted by atomic mass is 16.5. The molecule has 1 heterocycles. The van der Waals surface area contributed by atoms with Crippen molar-refractivity contribution in [2.75, 3.05) is 32.8 Å². The average molecular weight is 805 g/mol. The number of carbonyl (C=O) groups excluding carboxylic acids is 3. The summed E-state index contributed by atoms with van der Waals surface area (Å²) in [5, 5.41) is 3.44. The number of amides is 1. The molecule has 336 valence electrons. The second-order valence-electron chi connectivity index (χ2n) is 17.9. The quantitative estimate of drug-likeness (QED) is 0.0489. The van der Waals surface area contributed by atoms with Crippen LogP contribution in [-0.2, 0) is 23.9 Å². The predicted octanol–water partition coefficient (Wildman–Crippen LogP) is 13.8. The van der Waals surface area contributed by atoms with Crippen molar-refractivity contribution in [3.05, 3.63) is 0 Å². The lowest BCUT2D eigenvalue weighted by Gasteiger charge is -2.20. The fourth-order valence-electron chi connectivity index (χ4n) is 8.59. The first-order chi connectivity index (χ1) is 27.9. The molecule has 1 rings (SSSR count). The fraction of sp³-hybridized carbons (Fsp3) is 0.940. The molecular formula is C50H96N2O5. The number of hydrogen-bond donors (Lipinski definition) is 1. The molecule has 1 aliphatic rings. The van der Waals surface area contributed by atoms with Crippen LogP contribution in [0.15, 0.2) is 0 Å². The normalized spacial score (nSPS) is 13.3. The van der Waals surface area contributed by atoms with Crippen LogP contribution in [-0.4, -0.2) is 61.6 Å². The van der Waals surface area contributed by atoms with Crippen molar-refractivity contribution in [2.45, 2.75) is 258 Å². The molecule has 1 saturated heterocycles. The Hall–Kier alpha value is -1.63. The Bertz CT molecular complexity index is 850. The molecule has 1 fully saturated rings. The number of nitrogens with one attached hydrogen (secondary N) is 1. The van der Waals surface area contributed by atoms with Crippen molar-refractivity contribution in [1.82, 2.24) is 10.2 Å². The van der Waals surface area contributed by atoms with Gasteiger partial charge < -0.3 is 19.7 Å². The van der Waals surface area contributed by atoms with Crippen molar-refractivity contribution in [2.24, 2.45) is 11.8 Å². The highest BCUT2D eigenvalue weighted by Crippen LogP contribution is 2.22. The van der Waals surface area contributed by atoms with Crippen LogP contribution in [0.2, 0.25) is 0 Å². The fourth-order valence-corrected chi connectivity index (χ4v) is 8.59. The van der Waals surface area contributed by atoms with E-state index in [4.69, 9.17) is 9.47 Å². The number of hydrogen-bond acceptors (Lipinski definition) is 6. The molecule has 1 aliphatic heterocycles. The standard InChI is InChI=1S/C50H96N2O5/c1-5-9-31-45(32-10-6-2)43-49(54)56-41-29-23-19-15-13-17-21-25-35-47(51-48(53)37-40-52-38-27-28-39-52)36-26-22-18-14-16-20-24-30-42-57-50(55)44-46(33-11-7-3)34-12-8-4/h45-47H,5-44H2,1-4H3,(H,51,53). The first-order valence-electron chi connectivity index (χ1n) is 25.2. The van der Waals surface area contributed by atoms with Gasteiger partial charge in [0.25, 0.3) is 0 Å². The zero-order chi connectivity index (χ0) is 41.4. The van der Waals surface area contributed by atoms with Gasteiger partial charge in [0.1, 0.15) is 0 Å². The number of rotatable bonds is 42. The Morgan fingerprint density at radius 1 is 0.474 bits per heavy atom. The molecule has 0 aromatic rings. The van der Waals surface area contributed by atoms with Crippen LogP contribution in [0.5, 0.6) is 0 Å². The third-order valence-corrected chi connectivity index (χ3v) is 12.4. The minimum absolute atomic E-state index is 0.0102. The monoisotopic (exact) mass is 805 g/mol. The van der Waals surface area contributed by atoms with E-state index in [9.17, 15) is 14.4 Å². The molecule has 7 heteroatoms. The minimum Gasteiger partial charge on any atom is -0.466 e. The molecule has 0 radical (unpaired) electrons. The van der Waals surface area contributed by atoms with Crippen LogP contribution >= 0.6 is 0 Å². The van der Waals surface area contributed by atoms with Crippen molar-refractivity contribution in [1.29, 1.82) is 0 Å². The summed E-state index contributed by atoms with van der Waals surface area (Å²) >= 11 is 0. The molecule has 0 aliphatic carbocycles. The molecule has 1 amide bonds. The Morgan fingerprint density at radius 2 is 0.825 bits per heavy atom. The summed E-state index contributed by atoms with van der Waals surface area (Å²) in [5.41, 5.74) is 0. The van der Waals surface area contributed by atoms with Gasteiger partial charge in [-0.1, -0.05) is 169 Å². The van der Waals surface area contributed by atoms with Gasteiger partial charge in [0.15, 0.2) is 0 Å². The van der Waals surface area contributed by atoms with E-state index in [1.807, 2.05) is 0 Å². The third kappa shape index (κ3) is 33.9. The van der Waals surface area contributed by atoms with Crippen molar-refractivity contribution < 1.29 is 23.9 Å². The SMILES string of the molecule is CCCCC(CCCC)CC(=O)OCCCCCCCCCCC(CCCCCCCCCCOC(=O)CC(CCCC)CCCC)NC(=O)CCN1CCCC1. The lowest BCUT2D eigenvalue weighted by Crippen LogP contribution is -2.36. The van der Waals surface area contributed by atoms with E-state index in [0.717, 1.165) is 83.8 Å². The third-order valence-electron chi connectivity index (χ3n) is 12.4. The van der Waals surface area contributed by atoms with Gasteiger partial charge in [0, 0.05) is 31.8 Å². The summed E-state index contributed by atoms with van der Waals surface area (Å²) in [6.45, 7) is 13.3. The van der Waals surface area contributed by atoms with Gasteiger partial charge in [-0.25, -0.2) is 0 Å². The van der Waals surface area contributed by atoms with Crippen LogP contribution in [0.3, 0.4) is 0 Å². The summed E-state index contributed by atoms with van der Waals surface area (Å²) in [5.74, 6) is 1.26. The van der Waals surface area contributed by atoms with E-state index in [-0.39, 0.29) is 17.8 Å². The number of carbonyl (C=O) groups is 3. The highest BCUT2D eigenvalue weighted by Gasteiger charge is 2.17. The number of likely N-dealkylation sites (tertiary alicyclic amines) is 1. The predicted molar refractivity (Wildman–Crippen MR) is 242 cm³/mol. The zero-order valence-corrected chi connectivity index (χ0v) is 38.5. The van der Waals surface area contributed by atoms with Crippen LogP contribution in [0.4, 0.5) is 0 Å². The Balaban J connectivity index is 2.18. The summed E-state index contributed by atoms with van der Waals surface area (Å²) < 4.78 is 11.2. The molecular weight excluding hydrogens is 709 g/mol. The molecule has 0 spiro atoms. The smallest absolute Gasteiger partial charge is 0.306 e. The number of esters is 2. The zero-order valence-electron chi connectivity index (χ0n) is 38.5. The molecule has 0 aromatic carbocycles. The van der Waals surface area contributed by atoms with E-state index in [1.54, 1.807) is 0 Å². The minimum atomic E-state index is 0.0102. The van der Waals surface area contributed by atoms with Crippen LogP contribution in [0, 0.1) is 11.8 Å². The van der Waals surface area contributed by atoms with E-state index < -0.39 is 0 Å². The summed E-state index contributed by atoms with van der Waals surface area (Å²) in [6, 6.07) is 0.309. The second kappa shape index (κ2) is 39.8. The molecule has 0 unspecified atom stereocenters. The molecule has 0 saturated carbocycles. The first kappa shape index (κ1) is 53.4. The second-order valence-corrected chi connectivity index (χ2v) is 17.9. The lowest BCUT2D eigenvalue weighted by atomic mass is 9.93. The molecule has 0 atom stereocenters. The van der Waals surface area contributed by atoms with E-state index in [2.05, 4.69) is 37.9 Å². The van der Waals surface area contributed by atoms with E-state index in [0.29, 0.717) is 50.4 Å². The Labute approximate surface area is 354 Å². The van der Waals surface area contributed by atoms with E-state index >= 15 is 0 Å². The molecule has 1 N–H and O–H groups in total. The van der Waals surface area contributed by atoms with Gasteiger partial charge in [0.2, 0.25) is 5.91 Å². The van der Waals surface area contributed by atoms with Gasteiger partial charge in [-0.15, -0.1) is 0 Å². The Morgan fingerprint density at radius 3 is 1.19 bits per heavy atom. The Kier molecular flexibility index (Phi) is 37.3. The number of nitrogens with zero attached hydrogens (tertiary/aromatic N) is 1. The maximum Gasteiger partial charge on any atom is 0.306 e. The van der Waals surface area contributed by atoms with Gasteiger partial charge in [-0.3, -0.25) is 14.4 Å². The average Bonchev–Trinajstić information content (AvgIpc) is 3.74. The lowest BCUT2D eigenvalue weighted by molar-refractivity contribution is -0.146. The molecule has 7 nitrogen and oxygen atoms in total. The number of unbranched alkanes of at least 4 members (excludes halogenated alkanes) is 18. The van der Waals surface area contributed by atoms with Crippen LogP contribution in [0.25, 0.3) is 0 Å². The van der Waals surface area contributed by atoms with Crippen LogP contribution < -0.4 is 5.32 Å². The molecule has 0 bridgehead atoms. The summed E-state index contributed by atoms with van der Waals surface area (Å²) in [4.78, 5) is 40.1. The molecule has 0 aromatic heterocycles. The topological polar surface area (TPSA) is 84.9 Å². The van der Waals surface area contributed by atoms with E-state index in [1.165, 1.54) is 141 Å². The highest BCUT2D eigenvalue weighted by molar-refractivity contribution is 5.76. The molecule has 57 heavy (non-hydrogen) atoms. The van der Waals surface area contributed by atoms with Crippen LogP contribution in [0.1, 0.15) is 252 Å². The maximum absolute atomic E-state index is 12.9. The van der Waals surface area contributed by atoms with Gasteiger partial charge in [-0.05, 0) is 89.1 Å². The largest absolute Gasteiger partial charge is 0.466 e. The maximum atomic E-state index is 12.9.